The zero-order chi connectivity index (χ0) is 11.4. The van der Waals surface area contributed by atoms with Crippen molar-refractivity contribution in [2.24, 2.45) is 11.8 Å². The Bertz CT molecular complexity index is 270. The highest BCUT2D eigenvalue weighted by molar-refractivity contribution is 5.65. The Kier molecular flexibility index (Phi) is 3.96. The van der Waals surface area contributed by atoms with E-state index in [9.17, 15) is 4.79 Å². The minimum atomic E-state index is -0.850. The zero-order valence-electron chi connectivity index (χ0n) is 9.31. The molecule has 2 unspecified atom stereocenters. The number of piperidine rings is 1. The smallest absolute Gasteiger partial charge is 0.407 e. The zero-order valence-corrected chi connectivity index (χ0v) is 9.31. The van der Waals surface area contributed by atoms with Gasteiger partial charge in [-0.1, -0.05) is 13.8 Å². The Morgan fingerprint density at radius 2 is 2.33 bits per heavy atom. The van der Waals surface area contributed by atoms with Crippen LogP contribution in [0.1, 0.15) is 33.1 Å². The maximum absolute atomic E-state index is 11.0. The summed E-state index contributed by atoms with van der Waals surface area (Å²) in [4.78, 5) is 12.5. The summed E-state index contributed by atoms with van der Waals surface area (Å²) in [6, 6.07) is 2.28. The molecule has 1 aliphatic heterocycles. The third-order valence-electron chi connectivity index (χ3n) is 2.89. The minimum Gasteiger partial charge on any atom is -0.465 e. The van der Waals surface area contributed by atoms with E-state index in [1.165, 1.54) is 4.90 Å². The van der Waals surface area contributed by atoms with Gasteiger partial charge in [-0.15, -0.1) is 0 Å². The monoisotopic (exact) mass is 210 g/mol. The van der Waals surface area contributed by atoms with Crippen molar-refractivity contribution < 1.29 is 9.90 Å². The molecule has 1 amide bonds. The average molecular weight is 210 g/mol. The number of hydrogen-bond acceptors (Lipinski definition) is 2. The molecule has 0 bridgehead atoms. The first-order chi connectivity index (χ1) is 7.04. The van der Waals surface area contributed by atoms with Crippen LogP contribution in [-0.2, 0) is 0 Å². The third kappa shape index (κ3) is 3.12. The van der Waals surface area contributed by atoms with Gasteiger partial charge in [0.05, 0.1) is 6.07 Å². The fraction of sp³-hybridized carbons (Fsp3) is 0.818. The van der Waals surface area contributed by atoms with Crippen molar-refractivity contribution in [1.29, 1.82) is 5.26 Å². The van der Waals surface area contributed by atoms with E-state index < -0.39 is 6.09 Å². The van der Waals surface area contributed by atoms with E-state index >= 15 is 0 Å². The fourth-order valence-electron chi connectivity index (χ4n) is 2.19. The second-order valence-electron chi connectivity index (χ2n) is 4.61. The second kappa shape index (κ2) is 5.01. The summed E-state index contributed by atoms with van der Waals surface area (Å²) < 4.78 is 0. The van der Waals surface area contributed by atoms with Crippen molar-refractivity contribution in [2.45, 2.75) is 39.2 Å². The Hall–Kier alpha value is -1.24. The predicted octanol–water partition coefficient (Wildman–Crippen LogP) is 2.31. The van der Waals surface area contributed by atoms with Crippen molar-refractivity contribution in [3.8, 4) is 6.07 Å². The van der Waals surface area contributed by atoms with E-state index in [1.54, 1.807) is 0 Å². The lowest BCUT2D eigenvalue weighted by atomic mass is 9.88. The predicted molar refractivity (Wildman–Crippen MR) is 56.3 cm³/mol. The van der Waals surface area contributed by atoms with Gasteiger partial charge in [0.2, 0.25) is 0 Å². The normalized spacial score (nSPS) is 26.4. The maximum atomic E-state index is 11.0. The molecular weight excluding hydrogens is 192 g/mol. The van der Waals surface area contributed by atoms with Crippen LogP contribution in [0.15, 0.2) is 0 Å². The van der Waals surface area contributed by atoms with Crippen LogP contribution in [0, 0.1) is 23.2 Å². The number of nitrogens with zero attached hydrogens (tertiary/aromatic N) is 2. The topological polar surface area (TPSA) is 64.3 Å². The number of nitriles is 1. The quantitative estimate of drug-likeness (QED) is 0.760. The molecule has 0 aliphatic carbocycles. The van der Waals surface area contributed by atoms with Crippen LogP contribution in [0.2, 0.25) is 0 Å². The number of hydrogen-bond donors (Lipinski definition) is 1. The summed E-state index contributed by atoms with van der Waals surface area (Å²) in [5.74, 6) is 0.499. The summed E-state index contributed by atoms with van der Waals surface area (Å²) in [5.41, 5.74) is 0. The van der Waals surface area contributed by atoms with Gasteiger partial charge < -0.3 is 10.0 Å². The Balaban J connectivity index is 2.65. The molecule has 0 saturated carbocycles. The SMILES string of the molecule is CC(C)CC1CC(C#N)CCN1C(=O)O. The standard InChI is InChI=1S/C11H18N2O2/c1-8(2)5-10-6-9(7-12)3-4-13(10)11(14)15/h8-10H,3-6H2,1-2H3,(H,14,15). The van der Waals surface area contributed by atoms with Gasteiger partial charge in [-0.2, -0.15) is 5.26 Å². The molecule has 15 heavy (non-hydrogen) atoms. The highest BCUT2D eigenvalue weighted by atomic mass is 16.4. The molecule has 0 aromatic heterocycles. The molecule has 84 valence electrons. The van der Waals surface area contributed by atoms with E-state index in [4.69, 9.17) is 10.4 Å². The highest BCUT2D eigenvalue weighted by Crippen LogP contribution is 2.26. The van der Waals surface area contributed by atoms with E-state index in [1.807, 2.05) is 0 Å². The van der Waals surface area contributed by atoms with E-state index in [-0.39, 0.29) is 12.0 Å². The molecule has 1 N–H and O–H groups in total. The van der Waals surface area contributed by atoms with Crippen molar-refractivity contribution in [1.82, 2.24) is 4.90 Å². The lowest BCUT2D eigenvalue weighted by Crippen LogP contribution is -2.45. The van der Waals surface area contributed by atoms with E-state index in [2.05, 4.69) is 19.9 Å². The first-order valence-corrected chi connectivity index (χ1v) is 5.43. The number of rotatable bonds is 2. The first-order valence-electron chi connectivity index (χ1n) is 5.43. The van der Waals surface area contributed by atoms with Gasteiger partial charge in [-0.3, -0.25) is 0 Å². The molecule has 1 fully saturated rings. The number of amides is 1. The van der Waals surface area contributed by atoms with Crippen LogP contribution in [-0.4, -0.2) is 28.7 Å². The third-order valence-corrected chi connectivity index (χ3v) is 2.89. The summed E-state index contributed by atoms with van der Waals surface area (Å²) >= 11 is 0. The number of carbonyl (C=O) groups is 1. The fourth-order valence-corrected chi connectivity index (χ4v) is 2.19. The minimum absolute atomic E-state index is 0.0286. The molecule has 2 atom stereocenters. The van der Waals surface area contributed by atoms with Crippen molar-refractivity contribution in [3.63, 3.8) is 0 Å². The second-order valence-corrected chi connectivity index (χ2v) is 4.61. The maximum Gasteiger partial charge on any atom is 0.407 e. The van der Waals surface area contributed by atoms with Crippen molar-refractivity contribution in [3.05, 3.63) is 0 Å². The van der Waals surface area contributed by atoms with Crippen LogP contribution < -0.4 is 0 Å². The molecule has 0 spiro atoms. The van der Waals surface area contributed by atoms with Crippen molar-refractivity contribution >= 4 is 6.09 Å². The number of likely N-dealkylation sites (tertiary alicyclic amines) is 1. The van der Waals surface area contributed by atoms with Crippen molar-refractivity contribution in [2.75, 3.05) is 6.54 Å². The number of carboxylic acid groups (broad SMARTS) is 1. The average Bonchev–Trinajstić information content (AvgIpc) is 2.16. The lowest BCUT2D eigenvalue weighted by Gasteiger charge is -2.36. The molecule has 4 heteroatoms. The van der Waals surface area contributed by atoms with Gasteiger partial charge in [-0.25, -0.2) is 4.79 Å². The molecular formula is C11H18N2O2. The lowest BCUT2D eigenvalue weighted by molar-refractivity contribution is 0.0896. The Morgan fingerprint density at radius 3 is 2.80 bits per heavy atom. The van der Waals surface area contributed by atoms with Gasteiger partial charge in [0.15, 0.2) is 0 Å². The van der Waals surface area contributed by atoms with Gasteiger partial charge >= 0.3 is 6.09 Å². The molecule has 1 rings (SSSR count). The molecule has 0 aromatic rings. The summed E-state index contributed by atoms with van der Waals surface area (Å²) in [7, 11) is 0. The van der Waals surface area contributed by atoms with Crippen LogP contribution in [0.4, 0.5) is 4.79 Å². The van der Waals surface area contributed by atoms with Crippen LogP contribution >= 0.6 is 0 Å². The van der Waals surface area contributed by atoms with Crippen LogP contribution in [0.5, 0.6) is 0 Å². The highest BCUT2D eigenvalue weighted by Gasteiger charge is 2.31. The molecule has 1 aliphatic rings. The van der Waals surface area contributed by atoms with Gasteiger partial charge in [0.1, 0.15) is 0 Å². The van der Waals surface area contributed by atoms with Gasteiger partial charge in [0.25, 0.3) is 0 Å². The van der Waals surface area contributed by atoms with Crippen LogP contribution in [0.25, 0.3) is 0 Å². The Morgan fingerprint density at radius 1 is 1.67 bits per heavy atom. The van der Waals surface area contributed by atoms with Crippen LogP contribution in [0.3, 0.4) is 0 Å². The van der Waals surface area contributed by atoms with E-state index in [0.29, 0.717) is 25.3 Å². The first kappa shape index (κ1) is 11.8. The van der Waals surface area contributed by atoms with Gasteiger partial charge in [-0.05, 0) is 25.2 Å². The largest absolute Gasteiger partial charge is 0.465 e. The van der Waals surface area contributed by atoms with Gasteiger partial charge in [0, 0.05) is 18.5 Å². The molecule has 0 radical (unpaired) electrons. The molecule has 0 aromatic carbocycles. The Labute approximate surface area is 90.5 Å². The molecule has 4 nitrogen and oxygen atoms in total. The molecule has 1 heterocycles. The van der Waals surface area contributed by atoms with E-state index in [0.717, 1.165) is 6.42 Å². The molecule has 1 saturated heterocycles. The summed E-state index contributed by atoms with van der Waals surface area (Å²) in [6.45, 7) is 4.66. The summed E-state index contributed by atoms with van der Waals surface area (Å²) in [6.07, 6.45) is 1.38. The summed E-state index contributed by atoms with van der Waals surface area (Å²) in [5, 5.41) is 17.9.